The van der Waals surface area contributed by atoms with Gasteiger partial charge in [0.05, 0.1) is 6.61 Å². The summed E-state index contributed by atoms with van der Waals surface area (Å²) in [6.07, 6.45) is 2.08. The molecule has 0 saturated heterocycles. The van der Waals surface area contributed by atoms with Crippen molar-refractivity contribution in [2.45, 2.75) is 18.4 Å². The third kappa shape index (κ3) is 1.56. The second kappa shape index (κ2) is 3.93. The highest BCUT2D eigenvalue weighted by atomic mass is 32.2. The Hall–Kier alpha value is -0.510. The fourth-order valence-electron chi connectivity index (χ4n) is 1.66. The molecule has 1 aromatic carbocycles. The van der Waals surface area contributed by atoms with Gasteiger partial charge in [0.2, 0.25) is 0 Å². The van der Waals surface area contributed by atoms with Crippen LogP contribution in [-0.4, -0.2) is 11.4 Å². The number of fused-ring (bicyclic) bond motifs is 1. The van der Waals surface area contributed by atoms with Gasteiger partial charge in [0, 0.05) is 15.0 Å². The maximum Gasteiger partial charge on any atom is 0.0696 e. The molecule has 0 spiro atoms. The number of benzene rings is 1. The quantitative estimate of drug-likeness (QED) is 0.789. The van der Waals surface area contributed by atoms with Crippen LogP contribution in [0.2, 0.25) is 0 Å². The zero-order chi connectivity index (χ0) is 10.1. The molecule has 2 aromatic rings. The van der Waals surface area contributed by atoms with E-state index < -0.39 is 0 Å². The number of thioether (sulfide) groups is 1. The molecule has 1 nitrogen and oxygen atoms in total. The maximum absolute atomic E-state index is 9.18. The van der Waals surface area contributed by atoms with Gasteiger partial charge in [0.15, 0.2) is 0 Å². The molecule has 3 heteroatoms. The van der Waals surface area contributed by atoms with Crippen molar-refractivity contribution in [1.29, 1.82) is 0 Å². The van der Waals surface area contributed by atoms with Gasteiger partial charge < -0.3 is 5.11 Å². The molecule has 74 valence electrons. The summed E-state index contributed by atoms with van der Waals surface area (Å²) in [5, 5.41) is 12.5. The molecule has 1 N–H and O–H groups in total. The summed E-state index contributed by atoms with van der Waals surface area (Å²) in [7, 11) is 0. The van der Waals surface area contributed by atoms with Crippen molar-refractivity contribution in [2.24, 2.45) is 0 Å². The predicted molar refractivity (Wildman–Crippen MR) is 64.3 cm³/mol. The van der Waals surface area contributed by atoms with Gasteiger partial charge in [-0.05, 0) is 41.8 Å². The van der Waals surface area contributed by atoms with Crippen molar-refractivity contribution in [3.8, 4) is 0 Å². The third-order valence-corrected chi connectivity index (χ3v) is 4.01. The Balaban J connectivity index is 2.72. The van der Waals surface area contributed by atoms with Crippen LogP contribution in [0.5, 0.6) is 0 Å². The maximum atomic E-state index is 9.18. The van der Waals surface area contributed by atoms with Crippen molar-refractivity contribution in [3.63, 3.8) is 0 Å². The van der Waals surface area contributed by atoms with Gasteiger partial charge in [0.25, 0.3) is 0 Å². The number of aliphatic hydroxyl groups is 1. The van der Waals surface area contributed by atoms with E-state index in [0.717, 1.165) is 5.56 Å². The Labute approximate surface area is 91.8 Å². The molecule has 0 fully saturated rings. The van der Waals surface area contributed by atoms with E-state index in [1.807, 2.05) is 5.38 Å². The molecule has 0 aliphatic heterocycles. The molecule has 0 unspecified atom stereocenters. The fourth-order valence-corrected chi connectivity index (χ4v) is 3.33. The summed E-state index contributed by atoms with van der Waals surface area (Å²) >= 11 is 3.47. The number of aliphatic hydroxyl groups excluding tert-OH is 1. The number of hydrogen-bond donors (Lipinski definition) is 1. The van der Waals surface area contributed by atoms with Crippen LogP contribution in [0.25, 0.3) is 10.1 Å². The molecule has 0 aliphatic rings. The minimum Gasteiger partial charge on any atom is -0.392 e. The lowest BCUT2D eigenvalue weighted by Crippen LogP contribution is -1.83. The number of hydrogen-bond acceptors (Lipinski definition) is 3. The Morgan fingerprint density at radius 3 is 2.86 bits per heavy atom. The van der Waals surface area contributed by atoms with E-state index in [1.54, 1.807) is 23.1 Å². The van der Waals surface area contributed by atoms with E-state index >= 15 is 0 Å². The lowest BCUT2D eigenvalue weighted by molar-refractivity contribution is 0.283. The zero-order valence-corrected chi connectivity index (χ0v) is 9.84. The van der Waals surface area contributed by atoms with Crippen molar-refractivity contribution >= 4 is 33.2 Å². The first-order chi connectivity index (χ1) is 6.76. The second-order valence-corrected chi connectivity index (χ2v) is 5.03. The molecule has 2 rings (SSSR count). The van der Waals surface area contributed by atoms with Crippen LogP contribution in [0.1, 0.15) is 11.1 Å². The SMILES string of the molecule is CSc1cc(C)c2c(CO)csc2c1. The summed E-state index contributed by atoms with van der Waals surface area (Å²) in [5.41, 5.74) is 2.31. The van der Waals surface area contributed by atoms with Gasteiger partial charge in [-0.2, -0.15) is 0 Å². The first kappa shape index (κ1) is 10.0. The normalized spacial score (nSPS) is 11.1. The highest BCUT2D eigenvalue weighted by Crippen LogP contribution is 2.32. The van der Waals surface area contributed by atoms with Gasteiger partial charge in [-0.3, -0.25) is 0 Å². The third-order valence-electron chi connectivity index (χ3n) is 2.33. The molecular weight excluding hydrogens is 212 g/mol. The van der Waals surface area contributed by atoms with Crippen LogP contribution in [-0.2, 0) is 6.61 Å². The standard InChI is InChI=1S/C11H12OS2/c1-7-3-9(13-2)4-10-11(7)8(5-12)6-14-10/h3-4,6,12H,5H2,1-2H3. The monoisotopic (exact) mass is 224 g/mol. The molecule has 0 bridgehead atoms. The number of rotatable bonds is 2. The second-order valence-electron chi connectivity index (χ2n) is 3.24. The topological polar surface area (TPSA) is 20.2 Å². The first-order valence-electron chi connectivity index (χ1n) is 4.42. The average molecular weight is 224 g/mol. The summed E-state index contributed by atoms with van der Waals surface area (Å²) in [6, 6.07) is 4.37. The Morgan fingerprint density at radius 1 is 1.43 bits per heavy atom. The molecular formula is C11H12OS2. The van der Waals surface area contributed by atoms with Gasteiger partial charge in [-0.15, -0.1) is 23.1 Å². The molecule has 0 aliphatic carbocycles. The summed E-state index contributed by atoms with van der Waals surface area (Å²) in [6.45, 7) is 2.24. The highest BCUT2D eigenvalue weighted by molar-refractivity contribution is 7.98. The lowest BCUT2D eigenvalue weighted by atomic mass is 10.1. The number of aryl methyl sites for hydroxylation is 1. The smallest absolute Gasteiger partial charge is 0.0696 e. The van der Waals surface area contributed by atoms with E-state index in [4.69, 9.17) is 0 Å². The molecule has 1 heterocycles. The van der Waals surface area contributed by atoms with E-state index in [9.17, 15) is 5.11 Å². The lowest BCUT2D eigenvalue weighted by Gasteiger charge is -2.02. The summed E-state index contributed by atoms with van der Waals surface area (Å²) < 4.78 is 1.28. The predicted octanol–water partition coefficient (Wildman–Crippen LogP) is 3.42. The molecule has 0 atom stereocenters. The van der Waals surface area contributed by atoms with Gasteiger partial charge in [-0.25, -0.2) is 0 Å². The molecule has 0 radical (unpaired) electrons. The van der Waals surface area contributed by atoms with Gasteiger partial charge in [0.1, 0.15) is 0 Å². The largest absolute Gasteiger partial charge is 0.392 e. The van der Waals surface area contributed by atoms with Crippen LogP contribution in [0.3, 0.4) is 0 Å². The van der Waals surface area contributed by atoms with Gasteiger partial charge in [-0.1, -0.05) is 0 Å². The fraction of sp³-hybridized carbons (Fsp3) is 0.273. The Kier molecular flexibility index (Phi) is 2.81. The summed E-state index contributed by atoms with van der Waals surface area (Å²) in [5.74, 6) is 0. The van der Waals surface area contributed by atoms with Crippen molar-refractivity contribution in [3.05, 3.63) is 28.6 Å². The van der Waals surface area contributed by atoms with Crippen LogP contribution in [0.4, 0.5) is 0 Å². The van der Waals surface area contributed by atoms with Crippen LogP contribution < -0.4 is 0 Å². The average Bonchev–Trinajstić information content (AvgIpc) is 2.61. The van der Waals surface area contributed by atoms with Crippen LogP contribution >= 0.6 is 23.1 Å². The Morgan fingerprint density at radius 2 is 2.21 bits per heavy atom. The van der Waals surface area contributed by atoms with E-state index in [1.165, 1.54) is 20.5 Å². The molecule has 0 saturated carbocycles. The highest BCUT2D eigenvalue weighted by Gasteiger charge is 2.07. The molecule has 1 aromatic heterocycles. The Bertz CT molecular complexity index is 460. The minimum absolute atomic E-state index is 0.138. The zero-order valence-electron chi connectivity index (χ0n) is 8.20. The first-order valence-corrected chi connectivity index (χ1v) is 6.52. The van der Waals surface area contributed by atoms with E-state index in [2.05, 4.69) is 25.3 Å². The van der Waals surface area contributed by atoms with E-state index in [-0.39, 0.29) is 6.61 Å². The van der Waals surface area contributed by atoms with Gasteiger partial charge >= 0.3 is 0 Å². The molecule has 14 heavy (non-hydrogen) atoms. The van der Waals surface area contributed by atoms with E-state index in [0.29, 0.717) is 0 Å². The van der Waals surface area contributed by atoms with Crippen molar-refractivity contribution in [1.82, 2.24) is 0 Å². The van der Waals surface area contributed by atoms with Crippen LogP contribution in [0, 0.1) is 6.92 Å². The van der Waals surface area contributed by atoms with Crippen molar-refractivity contribution in [2.75, 3.05) is 6.26 Å². The molecule has 0 amide bonds. The minimum atomic E-state index is 0.138. The van der Waals surface area contributed by atoms with Crippen molar-refractivity contribution < 1.29 is 5.11 Å². The summed E-state index contributed by atoms with van der Waals surface area (Å²) in [4.78, 5) is 1.29. The number of thiophene rings is 1. The van der Waals surface area contributed by atoms with Crippen LogP contribution in [0.15, 0.2) is 22.4 Å².